The average molecular weight is 289 g/mol. The third kappa shape index (κ3) is 2.74. The van der Waals surface area contributed by atoms with Gasteiger partial charge in [-0.1, -0.05) is 12.1 Å². The second kappa shape index (κ2) is 5.77. The fourth-order valence-electron chi connectivity index (χ4n) is 2.59. The summed E-state index contributed by atoms with van der Waals surface area (Å²) >= 11 is 0. The topological polar surface area (TPSA) is 60.7 Å². The fraction of sp³-hybridized carbons (Fsp3) is 0.438. The van der Waals surface area contributed by atoms with Gasteiger partial charge in [-0.3, -0.25) is 4.79 Å². The van der Waals surface area contributed by atoms with E-state index in [-0.39, 0.29) is 18.1 Å². The summed E-state index contributed by atoms with van der Waals surface area (Å²) < 4.78 is 16.5. The van der Waals surface area contributed by atoms with E-state index in [9.17, 15) is 4.79 Å². The number of rotatable bonds is 4. The number of amides is 1. The van der Waals surface area contributed by atoms with Crippen molar-refractivity contribution in [1.82, 2.24) is 5.32 Å². The van der Waals surface area contributed by atoms with Crippen LogP contribution in [0.2, 0.25) is 0 Å². The van der Waals surface area contributed by atoms with Crippen molar-refractivity contribution in [2.45, 2.75) is 31.9 Å². The molecule has 1 amide bonds. The Morgan fingerprint density at radius 1 is 1.48 bits per heavy atom. The number of methoxy groups -OCH3 is 1. The highest BCUT2D eigenvalue weighted by Gasteiger charge is 2.25. The maximum atomic E-state index is 12.1. The standard InChI is InChI=1S/C16H19NO4/c1-10(17-16(18)13-7-4-8-20-13)14-9-11-5-3-6-12(19-2)15(11)21-14/h3,5-6,9-10,13H,4,7-8H2,1-2H3,(H,17,18)/t10-,13-/m0/s1. The normalized spacial score (nSPS) is 19.6. The smallest absolute Gasteiger partial charge is 0.249 e. The van der Waals surface area contributed by atoms with E-state index in [0.29, 0.717) is 23.7 Å². The molecule has 112 valence electrons. The summed E-state index contributed by atoms with van der Waals surface area (Å²) in [5.41, 5.74) is 0.702. The monoisotopic (exact) mass is 289 g/mol. The zero-order valence-corrected chi connectivity index (χ0v) is 12.2. The zero-order chi connectivity index (χ0) is 14.8. The van der Waals surface area contributed by atoms with Crippen molar-refractivity contribution < 1.29 is 18.7 Å². The largest absolute Gasteiger partial charge is 0.493 e. The van der Waals surface area contributed by atoms with E-state index in [4.69, 9.17) is 13.9 Å². The van der Waals surface area contributed by atoms with Gasteiger partial charge in [0.2, 0.25) is 5.91 Å². The van der Waals surface area contributed by atoms with E-state index in [2.05, 4.69) is 5.32 Å². The van der Waals surface area contributed by atoms with E-state index in [1.54, 1.807) is 7.11 Å². The van der Waals surface area contributed by atoms with Gasteiger partial charge < -0.3 is 19.2 Å². The van der Waals surface area contributed by atoms with Crippen LogP contribution in [0, 0.1) is 0 Å². The minimum atomic E-state index is -0.327. The van der Waals surface area contributed by atoms with Crippen LogP contribution in [0.3, 0.4) is 0 Å². The summed E-state index contributed by atoms with van der Waals surface area (Å²) in [6.07, 6.45) is 1.40. The Bertz CT molecular complexity index is 643. The maximum Gasteiger partial charge on any atom is 0.249 e. The van der Waals surface area contributed by atoms with Gasteiger partial charge in [0.25, 0.3) is 0 Å². The first kappa shape index (κ1) is 13.9. The highest BCUT2D eigenvalue weighted by atomic mass is 16.5. The van der Waals surface area contributed by atoms with Crippen LogP contribution in [0.25, 0.3) is 11.0 Å². The van der Waals surface area contributed by atoms with E-state index in [1.165, 1.54) is 0 Å². The van der Waals surface area contributed by atoms with Crippen LogP contribution in [-0.4, -0.2) is 25.7 Å². The predicted molar refractivity (Wildman–Crippen MR) is 78.3 cm³/mol. The Morgan fingerprint density at radius 2 is 2.33 bits per heavy atom. The quantitative estimate of drug-likeness (QED) is 0.940. The van der Waals surface area contributed by atoms with Gasteiger partial charge in [-0.15, -0.1) is 0 Å². The van der Waals surface area contributed by atoms with Crippen LogP contribution in [0.5, 0.6) is 5.75 Å². The number of para-hydroxylation sites is 1. The highest BCUT2D eigenvalue weighted by molar-refractivity contribution is 5.84. The number of hydrogen-bond acceptors (Lipinski definition) is 4. The van der Waals surface area contributed by atoms with Gasteiger partial charge in [-0.2, -0.15) is 0 Å². The molecule has 0 radical (unpaired) electrons. The molecule has 0 spiro atoms. The van der Waals surface area contributed by atoms with Gasteiger partial charge in [0.15, 0.2) is 11.3 Å². The Kier molecular flexibility index (Phi) is 3.84. The molecule has 1 aliphatic rings. The molecule has 0 unspecified atom stereocenters. The van der Waals surface area contributed by atoms with Crippen molar-refractivity contribution in [3.63, 3.8) is 0 Å². The van der Waals surface area contributed by atoms with Crippen LogP contribution < -0.4 is 10.1 Å². The van der Waals surface area contributed by atoms with Gasteiger partial charge >= 0.3 is 0 Å². The predicted octanol–water partition coefficient (Wildman–Crippen LogP) is 2.80. The number of benzene rings is 1. The third-order valence-corrected chi connectivity index (χ3v) is 3.75. The highest BCUT2D eigenvalue weighted by Crippen LogP contribution is 2.31. The minimum Gasteiger partial charge on any atom is -0.493 e. The first-order valence-electron chi connectivity index (χ1n) is 7.17. The average Bonchev–Trinajstić information content (AvgIpc) is 3.15. The Labute approximate surface area is 123 Å². The SMILES string of the molecule is COc1cccc2cc([C@H](C)NC(=O)[C@@H]3CCCO3)oc12. The van der Waals surface area contributed by atoms with E-state index < -0.39 is 0 Å². The van der Waals surface area contributed by atoms with Gasteiger partial charge in [0.05, 0.1) is 13.2 Å². The molecule has 5 nitrogen and oxygen atoms in total. The van der Waals surface area contributed by atoms with Crippen molar-refractivity contribution in [2.24, 2.45) is 0 Å². The van der Waals surface area contributed by atoms with Crippen molar-refractivity contribution in [3.8, 4) is 5.75 Å². The van der Waals surface area contributed by atoms with Crippen LogP contribution >= 0.6 is 0 Å². The summed E-state index contributed by atoms with van der Waals surface area (Å²) in [7, 11) is 1.61. The molecular formula is C16H19NO4. The number of carbonyl (C=O) groups is 1. The van der Waals surface area contributed by atoms with Gasteiger partial charge in [-0.25, -0.2) is 0 Å². The van der Waals surface area contributed by atoms with Crippen LogP contribution in [-0.2, 0) is 9.53 Å². The molecule has 1 aliphatic heterocycles. The van der Waals surface area contributed by atoms with Crippen LogP contribution in [0.4, 0.5) is 0 Å². The number of carbonyl (C=O) groups excluding carboxylic acids is 1. The summed E-state index contributed by atoms with van der Waals surface area (Å²) in [4.78, 5) is 12.1. The van der Waals surface area contributed by atoms with Gasteiger partial charge in [-0.05, 0) is 31.9 Å². The molecule has 3 rings (SSSR count). The van der Waals surface area contributed by atoms with Crippen molar-refractivity contribution >= 4 is 16.9 Å². The fourth-order valence-corrected chi connectivity index (χ4v) is 2.59. The van der Waals surface area contributed by atoms with Crippen molar-refractivity contribution in [1.29, 1.82) is 0 Å². The number of hydrogen-bond donors (Lipinski definition) is 1. The Balaban J connectivity index is 1.78. The van der Waals surface area contributed by atoms with Crippen LogP contribution in [0.15, 0.2) is 28.7 Å². The summed E-state index contributed by atoms with van der Waals surface area (Å²) in [5, 5.41) is 3.90. The molecule has 1 N–H and O–H groups in total. The lowest BCUT2D eigenvalue weighted by atomic mass is 10.2. The molecule has 2 aromatic rings. The molecule has 0 bridgehead atoms. The Morgan fingerprint density at radius 3 is 3.05 bits per heavy atom. The van der Waals surface area contributed by atoms with Gasteiger partial charge in [0.1, 0.15) is 11.9 Å². The van der Waals surface area contributed by atoms with E-state index in [1.807, 2.05) is 31.2 Å². The van der Waals surface area contributed by atoms with Crippen LogP contribution in [0.1, 0.15) is 31.6 Å². The lowest BCUT2D eigenvalue weighted by molar-refractivity contribution is -0.130. The molecule has 1 aromatic carbocycles. The molecule has 5 heteroatoms. The second-order valence-electron chi connectivity index (χ2n) is 5.26. The molecule has 0 saturated carbocycles. The minimum absolute atomic E-state index is 0.0765. The summed E-state index contributed by atoms with van der Waals surface area (Å²) in [6.45, 7) is 2.56. The molecule has 1 aromatic heterocycles. The van der Waals surface area contributed by atoms with Crippen molar-refractivity contribution in [3.05, 3.63) is 30.0 Å². The first-order valence-corrected chi connectivity index (χ1v) is 7.17. The second-order valence-corrected chi connectivity index (χ2v) is 5.26. The molecule has 1 fully saturated rings. The summed E-state index contributed by atoms with van der Waals surface area (Å²) in [5.74, 6) is 1.32. The van der Waals surface area contributed by atoms with Crippen molar-refractivity contribution in [2.75, 3.05) is 13.7 Å². The van der Waals surface area contributed by atoms with E-state index in [0.717, 1.165) is 18.2 Å². The third-order valence-electron chi connectivity index (χ3n) is 3.75. The number of nitrogens with one attached hydrogen (secondary N) is 1. The first-order chi connectivity index (χ1) is 10.2. The maximum absolute atomic E-state index is 12.1. The molecule has 2 atom stereocenters. The van der Waals surface area contributed by atoms with Gasteiger partial charge in [0, 0.05) is 12.0 Å². The number of furan rings is 1. The summed E-state index contributed by atoms with van der Waals surface area (Å²) in [6, 6.07) is 7.44. The Hall–Kier alpha value is -2.01. The molecular weight excluding hydrogens is 270 g/mol. The molecule has 1 saturated heterocycles. The molecule has 0 aliphatic carbocycles. The molecule has 21 heavy (non-hydrogen) atoms. The lowest BCUT2D eigenvalue weighted by Crippen LogP contribution is -2.35. The number of fused-ring (bicyclic) bond motifs is 1. The lowest BCUT2D eigenvalue weighted by Gasteiger charge is -2.14. The van der Waals surface area contributed by atoms with E-state index >= 15 is 0 Å². The zero-order valence-electron chi connectivity index (χ0n) is 12.2. The molecule has 2 heterocycles. The number of ether oxygens (including phenoxy) is 2.